The fourth-order valence-electron chi connectivity index (χ4n) is 4.00. The number of nitrogens with zero attached hydrogens (tertiary/aromatic N) is 5. The molecule has 182 valence electrons. The monoisotopic (exact) mass is 509 g/mol. The standard InChI is InChI=1S/C28H20FN5O2S/c1-2-36-23-14-10-19(11-15-23)26-30-28-34(32-26)27(35)24(37-28)16-20-17-33(22-6-4-3-5-7-22)31-25(20)18-8-12-21(29)13-9-18/h3-17H,2H2,1H3/b24-16-. The number of para-hydroxylation sites is 1. The van der Waals surface area contributed by atoms with Crippen LogP contribution in [0, 0.1) is 5.82 Å². The van der Waals surface area contributed by atoms with Gasteiger partial charge in [0.25, 0.3) is 5.56 Å². The number of thiazole rings is 1. The minimum atomic E-state index is -0.326. The molecule has 3 aromatic carbocycles. The first-order valence-electron chi connectivity index (χ1n) is 11.6. The van der Waals surface area contributed by atoms with Gasteiger partial charge in [0.2, 0.25) is 4.96 Å². The van der Waals surface area contributed by atoms with Crippen molar-refractivity contribution in [3.63, 3.8) is 0 Å². The molecule has 3 aromatic heterocycles. The largest absolute Gasteiger partial charge is 0.494 e. The third-order valence-corrected chi connectivity index (χ3v) is 6.73. The van der Waals surface area contributed by atoms with Gasteiger partial charge in [0.05, 0.1) is 16.8 Å². The Morgan fingerprint density at radius 2 is 1.68 bits per heavy atom. The van der Waals surface area contributed by atoms with Crippen LogP contribution in [0.25, 0.3) is 39.4 Å². The molecule has 0 bridgehead atoms. The maximum Gasteiger partial charge on any atom is 0.291 e. The van der Waals surface area contributed by atoms with E-state index in [4.69, 9.17) is 9.84 Å². The zero-order chi connectivity index (χ0) is 25.4. The van der Waals surface area contributed by atoms with Crippen LogP contribution in [0.4, 0.5) is 4.39 Å². The van der Waals surface area contributed by atoms with Crippen molar-refractivity contribution in [2.45, 2.75) is 6.92 Å². The molecule has 0 saturated heterocycles. The zero-order valence-corrected chi connectivity index (χ0v) is 20.5. The summed E-state index contributed by atoms with van der Waals surface area (Å²) >= 11 is 1.26. The van der Waals surface area contributed by atoms with Crippen molar-refractivity contribution in [2.24, 2.45) is 0 Å². The van der Waals surface area contributed by atoms with Crippen molar-refractivity contribution in [3.8, 4) is 34.1 Å². The average molecular weight is 510 g/mol. The van der Waals surface area contributed by atoms with Crippen LogP contribution >= 0.6 is 11.3 Å². The lowest BCUT2D eigenvalue weighted by atomic mass is 10.1. The Kier molecular flexibility index (Phi) is 5.82. The fraction of sp³-hybridized carbons (Fsp3) is 0.0714. The summed E-state index contributed by atoms with van der Waals surface area (Å²) in [6, 6.07) is 23.2. The zero-order valence-electron chi connectivity index (χ0n) is 19.7. The van der Waals surface area contributed by atoms with Crippen LogP contribution in [0.15, 0.2) is 89.9 Å². The highest BCUT2D eigenvalue weighted by atomic mass is 32.1. The van der Waals surface area contributed by atoms with E-state index in [0.717, 1.165) is 28.1 Å². The van der Waals surface area contributed by atoms with Gasteiger partial charge in [-0.25, -0.2) is 9.07 Å². The van der Waals surface area contributed by atoms with Crippen molar-refractivity contribution < 1.29 is 9.13 Å². The molecule has 0 unspecified atom stereocenters. The molecule has 0 aliphatic rings. The first-order valence-corrected chi connectivity index (χ1v) is 12.5. The van der Waals surface area contributed by atoms with Crippen LogP contribution in [0.2, 0.25) is 0 Å². The van der Waals surface area contributed by atoms with Gasteiger partial charge in [0.15, 0.2) is 5.82 Å². The molecule has 9 heteroatoms. The van der Waals surface area contributed by atoms with Crippen LogP contribution in [0.5, 0.6) is 5.75 Å². The molecule has 0 N–H and O–H groups in total. The summed E-state index contributed by atoms with van der Waals surface area (Å²) in [6.45, 7) is 2.52. The number of hydrogen-bond acceptors (Lipinski definition) is 6. The third-order valence-electron chi connectivity index (χ3n) is 5.77. The van der Waals surface area contributed by atoms with Gasteiger partial charge in [-0.1, -0.05) is 29.5 Å². The van der Waals surface area contributed by atoms with Crippen LogP contribution in [-0.4, -0.2) is 31.0 Å². The summed E-state index contributed by atoms with van der Waals surface area (Å²) in [7, 11) is 0. The van der Waals surface area contributed by atoms with E-state index >= 15 is 0 Å². The number of rotatable bonds is 6. The van der Waals surface area contributed by atoms with Gasteiger partial charge in [0.1, 0.15) is 17.3 Å². The number of aromatic nitrogens is 5. The second-order valence-electron chi connectivity index (χ2n) is 8.22. The first-order chi connectivity index (χ1) is 18.1. The molecule has 7 nitrogen and oxygen atoms in total. The van der Waals surface area contributed by atoms with Gasteiger partial charge in [0, 0.05) is 22.9 Å². The molecule has 0 saturated carbocycles. The van der Waals surface area contributed by atoms with Gasteiger partial charge < -0.3 is 4.74 Å². The molecule has 0 amide bonds. The van der Waals surface area contributed by atoms with Gasteiger partial charge >= 0.3 is 0 Å². The molecule has 6 aromatic rings. The summed E-state index contributed by atoms with van der Waals surface area (Å²) in [6.07, 6.45) is 3.64. The van der Waals surface area contributed by atoms with Crippen LogP contribution in [-0.2, 0) is 0 Å². The normalized spacial score (nSPS) is 11.9. The number of hydrogen-bond donors (Lipinski definition) is 0. The van der Waals surface area contributed by atoms with Gasteiger partial charge in [-0.15, -0.1) is 5.10 Å². The minimum Gasteiger partial charge on any atom is -0.494 e. The van der Waals surface area contributed by atoms with Crippen molar-refractivity contribution in [3.05, 3.63) is 111 Å². The Balaban J connectivity index is 1.43. The Labute approximate surface area is 214 Å². The van der Waals surface area contributed by atoms with Crippen molar-refractivity contribution >= 4 is 22.4 Å². The molecule has 0 atom stereocenters. The number of ether oxygens (including phenoxy) is 1. The lowest BCUT2D eigenvalue weighted by molar-refractivity contribution is 0.340. The Bertz CT molecular complexity index is 1810. The molecule has 0 aliphatic heterocycles. The fourth-order valence-corrected chi connectivity index (χ4v) is 4.90. The molecule has 0 fully saturated rings. The predicted octanol–water partition coefficient (Wildman–Crippen LogP) is 4.76. The molecular weight excluding hydrogens is 489 g/mol. The predicted molar refractivity (Wildman–Crippen MR) is 141 cm³/mol. The van der Waals surface area contributed by atoms with Crippen molar-refractivity contribution in [1.29, 1.82) is 0 Å². The third kappa shape index (κ3) is 4.41. The molecule has 37 heavy (non-hydrogen) atoms. The highest BCUT2D eigenvalue weighted by Gasteiger charge is 2.15. The second kappa shape index (κ2) is 9.44. The van der Waals surface area contributed by atoms with E-state index in [0.29, 0.717) is 27.6 Å². The molecule has 0 radical (unpaired) electrons. The summed E-state index contributed by atoms with van der Waals surface area (Å²) in [5.74, 6) is 0.913. The van der Waals surface area contributed by atoms with E-state index < -0.39 is 0 Å². The van der Waals surface area contributed by atoms with Crippen molar-refractivity contribution in [1.82, 2.24) is 24.4 Å². The maximum absolute atomic E-state index is 13.6. The molecule has 6 rings (SSSR count). The van der Waals surface area contributed by atoms with E-state index in [1.54, 1.807) is 22.9 Å². The number of halogens is 1. The van der Waals surface area contributed by atoms with Crippen LogP contribution in [0.3, 0.4) is 0 Å². The first kappa shape index (κ1) is 22.8. The summed E-state index contributed by atoms with van der Waals surface area (Å²) in [4.78, 5) is 18.3. The molecule has 3 heterocycles. The minimum absolute atomic E-state index is 0.262. The Morgan fingerprint density at radius 3 is 2.38 bits per heavy atom. The number of benzene rings is 3. The van der Waals surface area contributed by atoms with Crippen LogP contribution in [0.1, 0.15) is 12.5 Å². The smallest absolute Gasteiger partial charge is 0.291 e. The second-order valence-corrected chi connectivity index (χ2v) is 9.23. The van der Waals surface area contributed by atoms with E-state index in [1.807, 2.05) is 67.7 Å². The number of fused-ring (bicyclic) bond motifs is 1. The van der Waals surface area contributed by atoms with E-state index in [1.165, 1.54) is 28.0 Å². The van der Waals surface area contributed by atoms with Crippen LogP contribution < -0.4 is 14.8 Å². The average Bonchev–Trinajstić information content (AvgIpc) is 3.61. The lowest BCUT2D eigenvalue weighted by Crippen LogP contribution is -2.23. The van der Waals surface area contributed by atoms with E-state index in [-0.39, 0.29) is 11.4 Å². The highest BCUT2D eigenvalue weighted by Crippen LogP contribution is 2.25. The van der Waals surface area contributed by atoms with Gasteiger partial charge in [-0.05, 0) is 73.7 Å². The van der Waals surface area contributed by atoms with Gasteiger partial charge in [-0.2, -0.15) is 14.6 Å². The van der Waals surface area contributed by atoms with E-state index in [2.05, 4.69) is 10.1 Å². The van der Waals surface area contributed by atoms with E-state index in [9.17, 15) is 9.18 Å². The molecule has 0 aliphatic carbocycles. The summed E-state index contributed by atoms with van der Waals surface area (Å²) < 4.78 is 22.6. The Morgan fingerprint density at radius 1 is 0.946 bits per heavy atom. The lowest BCUT2D eigenvalue weighted by Gasteiger charge is -2.02. The molecule has 0 spiro atoms. The highest BCUT2D eigenvalue weighted by molar-refractivity contribution is 7.15. The topological polar surface area (TPSA) is 74.3 Å². The quantitative estimate of drug-likeness (QED) is 0.324. The maximum atomic E-state index is 13.6. The Hall–Kier alpha value is -4.63. The SMILES string of the molecule is CCOc1ccc(-c2nc3s/c(=C\c4cn(-c5ccccc5)nc4-c4ccc(F)cc4)c(=O)n3n2)cc1. The summed E-state index contributed by atoms with van der Waals surface area (Å²) in [5, 5.41) is 9.18. The van der Waals surface area contributed by atoms with Gasteiger partial charge in [-0.3, -0.25) is 4.79 Å². The summed E-state index contributed by atoms with van der Waals surface area (Å²) in [5.41, 5.74) is 3.51. The molecular formula is C28H20FN5O2S. The van der Waals surface area contributed by atoms with Crippen molar-refractivity contribution in [2.75, 3.05) is 6.61 Å².